The second-order valence-electron chi connectivity index (χ2n) is 5.38. The van der Waals surface area contributed by atoms with Crippen LogP contribution in [0.5, 0.6) is 0 Å². The molecule has 0 heterocycles. The topological polar surface area (TPSA) is 38.3 Å². The Kier molecular flexibility index (Phi) is 7.96. The lowest BCUT2D eigenvalue weighted by molar-refractivity contribution is -0.174. The molecule has 0 aromatic carbocycles. The Bertz CT molecular complexity index is 277. The highest BCUT2D eigenvalue weighted by atomic mass is 79.9. The maximum atomic E-state index is 11.8. The molecule has 0 aromatic heterocycles. The number of carbonyl (C=O) groups is 1. The molecule has 1 amide bonds. The van der Waals surface area contributed by atoms with Gasteiger partial charge in [0.2, 0.25) is 5.91 Å². The summed E-state index contributed by atoms with van der Waals surface area (Å²) in [6, 6.07) is -0.0259. The molecule has 0 aliphatic carbocycles. The van der Waals surface area contributed by atoms with Crippen molar-refractivity contribution in [2.24, 2.45) is 5.41 Å². The maximum absolute atomic E-state index is 11.8. The van der Waals surface area contributed by atoms with Crippen LogP contribution in [0.4, 0.5) is 13.2 Å². The van der Waals surface area contributed by atoms with Gasteiger partial charge in [0, 0.05) is 17.8 Å². The third-order valence-corrected chi connectivity index (χ3v) is 2.98. The Hall–Kier alpha value is -0.300. The van der Waals surface area contributed by atoms with E-state index in [1.165, 1.54) is 0 Å². The van der Waals surface area contributed by atoms with Crippen molar-refractivity contribution in [3.63, 3.8) is 0 Å². The molecule has 0 spiro atoms. The van der Waals surface area contributed by atoms with Gasteiger partial charge < -0.3 is 10.1 Å². The molecule has 0 rings (SSSR count). The SMILES string of the molecule is CC(C)(C)C(CCBr)NC(=O)CCOCC(F)(F)F. The van der Waals surface area contributed by atoms with Crippen molar-refractivity contribution < 1.29 is 22.7 Å². The predicted octanol–water partition coefficient (Wildman–Crippen LogP) is 3.27. The van der Waals surface area contributed by atoms with Crippen molar-refractivity contribution in [3.05, 3.63) is 0 Å². The molecule has 0 radical (unpaired) electrons. The fourth-order valence-corrected chi connectivity index (χ4v) is 1.91. The molecule has 0 saturated carbocycles. The number of rotatable bonds is 7. The number of carbonyl (C=O) groups excluding carboxylic acids is 1. The summed E-state index contributed by atoms with van der Waals surface area (Å²) < 4.78 is 39.8. The van der Waals surface area contributed by atoms with Crippen molar-refractivity contribution in [3.8, 4) is 0 Å². The number of nitrogens with one attached hydrogen (secondary N) is 1. The molecule has 7 heteroatoms. The van der Waals surface area contributed by atoms with Crippen molar-refractivity contribution in [2.75, 3.05) is 18.5 Å². The van der Waals surface area contributed by atoms with Gasteiger partial charge in [0.05, 0.1) is 6.61 Å². The van der Waals surface area contributed by atoms with Gasteiger partial charge >= 0.3 is 6.18 Å². The molecule has 1 N–H and O–H groups in total. The summed E-state index contributed by atoms with van der Waals surface area (Å²) in [4.78, 5) is 11.6. The Morgan fingerprint density at radius 2 is 1.89 bits per heavy atom. The van der Waals surface area contributed by atoms with Crippen molar-refractivity contribution in [1.82, 2.24) is 5.32 Å². The molecule has 1 atom stereocenters. The van der Waals surface area contributed by atoms with Crippen molar-refractivity contribution >= 4 is 21.8 Å². The van der Waals surface area contributed by atoms with Crippen molar-refractivity contribution in [1.29, 1.82) is 0 Å². The average molecular weight is 348 g/mol. The second-order valence-corrected chi connectivity index (χ2v) is 6.17. The molecule has 0 aromatic rings. The van der Waals surface area contributed by atoms with E-state index in [-0.39, 0.29) is 30.4 Å². The van der Waals surface area contributed by atoms with Crippen LogP contribution in [0.1, 0.15) is 33.6 Å². The third-order valence-electron chi connectivity index (χ3n) is 2.52. The summed E-state index contributed by atoms with van der Waals surface area (Å²) in [6.45, 7) is 4.46. The van der Waals surface area contributed by atoms with E-state index in [1.807, 2.05) is 20.8 Å². The lowest BCUT2D eigenvalue weighted by Gasteiger charge is -2.31. The molecular weight excluding hydrogens is 327 g/mol. The number of hydrogen-bond acceptors (Lipinski definition) is 2. The molecule has 3 nitrogen and oxygen atoms in total. The standard InChI is InChI=1S/C12H21BrF3NO2/c1-11(2,3)9(4-6-13)17-10(18)5-7-19-8-12(14,15)16/h9H,4-8H2,1-3H3,(H,17,18). The molecule has 114 valence electrons. The van der Waals surface area contributed by atoms with E-state index in [0.717, 1.165) is 11.8 Å². The van der Waals surface area contributed by atoms with E-state index in [2.05, 4.69) is 26.0 Å². The molecule has 0 aliphatic heterocycles. The lowest BCUT2D eigenvalue weighted by atomic mass is 9.85. The first-order chi connectivity index (χ1) is 8.56. The quantitative estimate of drug-likeness (QED) is 0.567. The van der Waals surface area contributed by atoms with Gasteiger partial charge in [0.25, 0.3) is 0 Å². The summed E-state index contributed by atoms with van der Waals surface area (Å²) >= 11 is 3.32. The highest BCUT2D eigenvalue weighted by molar-refractivity contribution is 9.09. The van der Waals surface area contributed by atoms with Crippen LogP contribution < -0.4 is 5.32 Å². The highest BCUT2D eigenvalue weighted by Crippen LogP contribution is 2.22. The molecular formula is C12H21BrF3NO2. The van der Waals surface area contributed by atoms with Gasteiger partial charge in [-0.15, -0.1) is 0 Å². The molecule has 0 saturated heterocycles. The van der Waals surface area contributed by atoms with Gasteiger partial charge in [-0.3, -0.25) is 4.79 Å². The molecule has 0 aliphatic rings. The largest absolute Gasteiger partial charge is 0.411 e. The molecule has 1 unspecified atom stereocenters. The van der Waals surface area contributed by atoms with E-state index >= 15 is 0 Å². The smallest absolute Gasteiger partial charge is 0.372 e. The summed E-state index contributed by atoms with van der Waals surface area (Å²) in [5.74, 6) is -0.289. The van der Waals surface area contributed by atoms with E-state index < -0.39 is 12.8 Å². The summed E-state index contributed by atoms with van der Waals surface area (Å²) in [6.07, 6.45) is -3.65. The van der Waals surface area contributed by atoms with Gasteiger partial charge in [0.15, 0.2) is 0 Å². The zero-order chi connectivity index (χ0) is 15.1. The van der Waals surface area contributed by atoms with E-state index in [4.69, 9.17) is 0 Å². The minimum Gasteiger partial charge on any atom is -0.372 e. The van der Waals surface area contributed by atoms with E-state index in [0.29, 0.717) is 0 Å². The van der Waals surface area contributed by atoms with Crippen LogP contribution in [0.25, 0.3) is 0 Å². The summed E-state index contributed by atoms with van der Waals surface area (Å²) in [7, 11) is 0. The monoisotopic (exact) mass is 347 g/mol. The van der Waals surface area contributed by atoms with Crippen LogP contribution in [0.3, 0.4) is 0 Å². The number of halogens is 4. The first-order valence-corrected chi connectivity index (χ1v) is 7.18. The zero-order valence-electron chi connectivity index (χ0n) is 11.4. The fourth-order valence-electron chi connectivity index (χ4n) is 1.45. The first kappa shape index (κ1) is 18.7. The Morgan fingerprint density at radius 1 is 1.32 bits per heavy atom. The van der Waals surface area contributed by atoms with Gasteiger partial charge in [0.1, 0.15) is 6.61 Å². The number of ether oxygens (including phenoxy) is 1. The van der Waals surface area contributed by atoms with Gasteiger partial charge in [-0.05, 0) is 11.8 Å². The molecule has 19 heavy (non-hydrogen) atoms. The van der Waals surface area contributed by atoms with Crippen LogP contribution in [0.2, 0.25) is 0 Å². The first-order valence-electron chi connectivity index (χ1n) is 6.06. The summed E-state index contributed by atoms with van der Waals surface area (Å²) in [5, 5.41) is 3.58. The maximum Gasteiger partial charge on any atom is 0.411 e. The van der Waals surface area contributed by atoms with E-state index in [1.54, 1.807) is 0 Å². The van der Waals surface area contributed by atoms with Gasteiger partial charge in [-0.1, -0.05) is 36.7 Å². The highest BCUT2D eigenvalue weighted by Gasteiger charge is 2.28. The molecule has 0 fully saturated rings. The Morgan fingerprint density at radius 3 is 2.32 bits per heavy atom. The molecule has 0 bridgehead atoms. The predicted molar refractivity (Wildman–Crippen MR) is 71.3 cm³/mol. The Labute approximate surface area is 120 Å². The minimum absolute atomic E-state index is 0.0259. The lowest BCUT2D eigenvalue weighted by Crippen LogP contribution is -2.44. The summed E-state index contributed by atoms with van der Waals surface area (Å²) in [5.41, 5.74) is -0.101. The number of alkyl halides is 4. The number of amides is 1. The normalized spacial score (nSPS) is 14.3. The third kappa shape index (κ3) is 10.2. The van der Waals surface area contributed by atoms with Crippen molar-refractivity contribution in [2.45, 2.75) is 45.8 Å². The average Bonchev–Trinajstić information content (AvgIpc) is 2.21. The van der Waals surface area contributed by atoms with Crippen LogP contribution in [-0.2, 0) is 9.53 Å². The van der Waals surface area contributed by atoms with Gasteiger partial charge in [-0.2, -0.15) is 13.2 Å². The second kappa shape index (κ2) is 8.09. The van der Waals surface area contributed by atoms with Crippen LogP contribution >= 0.6 is 15.9 Å². The van der Waals surface area contributed by atoms with Crippen LogP contribution in [0, 0.1) is 5.41 Å². The number of hydrogen-bond donors (Lipinski definition) is 1. The fraction of sp³-hybridized carbons (Fsp3) is 0.917. The Balaban J connectivity index is 4.01. The van der Waals surface area contributed by atoms with Crippen LogP contribution in [0.15, 0.2) is 0 Å². The van der Waals surface area contributed by atoms with E-state index in [9.17, 15) is 18.0 Å². The van der Waals surface area contributed by atoms with Gasteiger partial charge in [-0.25, -0.2) is 0 Å². The minimum atomic E-state index is -4.35. The zero-order valence-corrected chi connectivity index (χ0v) is 13.0. The van der Waals surface area contributed by atoms with Crippen LogP contribution in [-0.4, -0.2) is 36.7 Å².